The Morgan fingerprint density at radius 1 is 1.15 bits per heavy atom. The third-order valence-corrected chi connectivity index (χ3v) is 7.49. The van der Waals surface area contributed by atoms with Crippen molar-refractivity contribution >= 4 is 15.9 Å². The van der Waals surface area contributed by atoms with Gasteiger partial charge in [-0.2, -0.15) is 4.31 Å². The molecule has 1 atom stereocenters. The van der Waals surface area contributed by atoms with Gasteiger partial charge >= 0.3 is 0 Å². The van der Waals surface area contributed by atoms with Gasteiger partial charge in [0.1, 0.15) is 0 Å². The van der Waals surface area contributed by atoms with E-state index in [-0.39, 0.29) is 35.5 Å². The molecule has 1 N–H and O–H groups in total. The molecule has 0 spiro atoms. The second-order valence-electron chi connectivity index (χ2n) is 8.15. The summed E-state index contributed by atoms with van der Waals surface area (Å²) < 4.78 is 29.1. The van der Waals surface area contributed by atoms with Crippen molar-refractivity contribution in [3.05, 3.63) is 12.5 Å². The van der Waals surface area contributed by atoms with E-state index in [1.807, 2.05) is 13.8 Å². The van der Waals surface area contributed by atoms with Gasteiger partial charge in [-0.05, 0) is 39.5 Å². The van der Waals surface area contributed by atoms with Crippen LogP contribution in [0, 0.1) is 5.92 Å². The first-order valence-electron chi connectivity index (χ1n) is 10.2. The highest BCUT2D eigenvalue weighted by Crippen LogP contribution is 2.25. The molecule has 2 aliphatic rings. The summed E-state index contributed by atoms with van der Waals surface area (Å²) in [5.74, 6) is -0.265. The van der Waals surface area contributed by atoms with E-state index in [1.165, 1.54) is 17.1 Å². The van der Waals surface area contributed by atoms with Gasteiger partial charge in [0, 0.05) is 31.4 Å². The Balaban J connectivity index is 1.64. The molecule has 1 aromatic rings. The standard InChI is InChI=1S/C19H32N4O3S/c1-15(2)22-13-18(20-14-22)27(25,26)23-11-7-8-16(12-23)19(24)21-17-9-5-3-4-6-10-17/h13-17H,3-12H2,1-2H3,(H,21,24)/t16-/m0/s1. The number of rotatable bonds is 5. The molecule has 1 aliphatic carbocycles. The lowest BCUT2D eigenvalue weighted by Crippen LogP contribution is -2.47. The molecule has 8 heteroatoms. The average molecular weight is 397 g/mol. The van der Waals surface area contributed by atoms with E-state index in [4.69, 9.17) is 0 Å². The van der Waals surface area contributed by atoms with Crippen LogP contribution in [0.2, 0.25) is 0 Å². The summed E-state index contributed by atoms with van der Waals surface area (Å²) in [7, 11) is -3.66. The van der Waals surface area contributed by atoms with E-state index in [0.717, 1.165) is 32.1 Å². The fourth-order valence-electron chi connectivity index (χ4n) is 3.98. The predicted octanol–water partition coefficient (Wildman–Crippen LogP) is 2.70. The highest BCUT2D eigenvalue weighted by atomic mass is 32.2. The van der Waals surface area contributed by atoms with Gasteiger partial charge in [-0.1, -0.05) is 25.7 Å². The number of imidazole rings is 1. The smallest absolute Gasteiger partial charge is 0.262 e. The van der Waals surface area contributed by atoms with E-state index in [1.54, 1.807) is 17.1 Å². The second-order valence-corrected chi connectivity index (χ2v) is 10.0. The summed E-state index contributed by atoms with van der Waals surface area (Å²) in [6.07, 6.45) is 11.4. The van der Waals surface area contributed by atoms with E-state index in [9.17, 15) is 13.2 Å². The quantitative estimate of drug-likeness (QED) is 0.776. The molecule has 2 fully saturated rings. The van der Waals surface area contributed by atoms with Crippen LogP contribution in [0.1, 0.15) is 71.3 Å². The first-order valence-corrected chi connectivity index (χ1v) is 11.7. The maximum atomic E-state index is 12.9. The predicted molar refractivity (Wildman–Crippen MR) is 104 cm³/mol. The van der Waals surface area contributed by atoms with Gasteiger partial charge in [-0.15, -0.1) is 0 Å². The van der Waals surface area contributed by atoms with Crippen LogP contribution in [-0.2, 0) is 14.8 Å². The van der Waals surface area contributed by atoms with Crippen LogP contribution in [0.5, 0.6) is 0 Å². The van der Waals surface area contributed by atoms with Crippen LogP contribution in [0.3, 0.4) is 0 Å². The van der Waals surface area contributed by atoms with Crippen molar-refractivity contribution in [1.29, 1.82) is 0 Å². The maximum Gasteiger partial charge on any atom is 0.262 e. The van der Waals surface area contributed by atoms with Crippen molar-refractivity contribution in [2.45, 2.75) is 82.3 Å². The fourth-order valence-corrected chi connectivity index (χ4v) is 5.43. The van der Waals surface area contributed by atoms with Crippen LogP contribution in [0.4, 0.5) is 0 Å². The Hall–Kier alpha value is -1.41. The second kappa shape index (κ2) is 8.73. The van der Waals surface area contributed by atoms with Crippen molar-refractivity contribution < 1.29 is 13.2 Å². The molecule has 1 aliphatic heterocycles. The molecule has 0 radical (unpaired) electrons. The highest BCUT2D eigenvalue weighted by Gasteiger charge is 2.35. The summed E-state index contributed by atoms with van der Waals surface area (Å²) in [6, 6.07) is 0.398. The summed E-state index contributed by atoms with van der Waals surface area (Å²) in [6.45, 7) is 4.65. The molecule has 0 aromatic carbocycles. The number of piperidine rings is 1. The van der Waals surface area contributed by atoms with Crippen LogP contribution in [0.15, 0.2) is 17.6 Å². The first-order chi connectivity index (χ1) is 12.9. The van der Waals surface area contributed by atoms with Gasteiger partial charge in [-0.25, -0.2) is 13.4 Å². The van der Waals surface area contributed by atoms with Gasteiger partial charge in [0.15, 0.2) is 5.03 Å². The Labute approximate surface area is 162 Å². The van der Waals surface area contributed by atoms with Gasteiger partial charge in [0.25, 0.3) is 10.0 Å². The van der Waals surface area contributed by atoms with Gasteiger partial charge in [0.05, 0.1) is 12.2 Å². The molecule has 1 amide bonds. The minimum absolute atomic E-state index is 0.00881. The summed E-state index contributed by atoms with van der Waals surface area (Å²) >= 11 is 0. The van der Waals surface area contributed by atoms with Crippen molar-refractivity contribution in [3.8, 4) is 0 Å². The number of nitrogens with zero attached hydrogens (tertiary/aromatic N) is 3. The summed E-state index contributed by atoms with van der Waals surface area (Å²) in [5, 5.41) is 3.25. The number of nitrogens with one attached hydrogen (secondary N) is 1. The van der Waals surface area contributed by atoms with Crippen LogP contribution >= 0.6 is 0 Å². The first kappa shape index (κ1) is 20.3. The zero-order chi connectivity index (χ0) is 19.4. The van der Waals surface area contributed by atoms with E-state index >= 15 is 0 Å². The minimum atomic E-state index is -3.66. The molecule has 1 saturated heterocycles. The SMILES string of the molecule is CC(C)n1cnc(S(=O)(=O)N2CCC[C@H](C(=O)NC3CCCCCC3)C2)c1. The van der Waals surface area contributed by atoms with Crippen molar-refractivity contribution in [2.24, 2.45) is 5.92 Å². The number of carbonyl (C=O) groups is 1. The van der Waals surface area contributed by atoms with Crippen molar-refractivity contribution in [1.82, 2.24) is 19.2 Å². The van der Waals surface area contributed by atoms with Gasteiger partial charge in [-0.3, -0.25) is 4.79 Å². The van der Waals surface area contributed by atoms with Crippen molar-refractivity contribution in [3.63, 3.8) is 0 Å². The van der Waals surface area contributed by atoms with Crippen LogP contribution in [0.25, 0.3) is 0 Å². The van der Waals surface area contributed by atoms with Crippen LogP contribution < -0.4 is 5.32 Å². The van der Waals surface area contributed by atoms with Crippen molar-refractivity contribution in [2.75, 3.05) is 13.1 Å². The van der Waals surface area contributed by atoms with E-state index in [0.29, 0.717) is 13.0 Å². The maximum absolute atomic E-state index is 12.9. The number of hydrogen-bond acceptors (Lipinski definition) is 4. The zero-order valence-electron chi connectivity index (χ0n) is 16.4. The topological polar surface area (TPSA) is 84.3 Å². The molecular formula is C19H32N4O3S. The van der Waals surface area contributed by atoms with Gasteiger partial charge < -0.3 is 9.88 Å². The number of amides is 1. The highest BCUT2D eigenvalue weighted by molar-refractivity contribution is 7.89. The number of sulfonamides is 1. The van der Waals surface area contributed by atoms with E-state index < -0.39 is 10.0 Å². The Kier molecular flexibility index (Phi) is 6.57. The summed E-state index contributed by atoms with van der Waals surface area (Å²) in [5.41, 5.74) is 0. The molecule has 1 saturated carbocycles. The Bertz CT molecular complexity index is 736. The normalized spacial score (nSPS) is 23.3. The molecule has 3 rings (SSSR count). The molecule has 1 aromatic heterocycles. The number of aromatic nitrogens is 2. The lowest BCUT2D eigenvalue weighted by Gasteiger charge is -2.31. The third-order valence-electron chi connectivity index (χ3n) is 5.73. The zero-order valence-corrected chi connectivity index (χ0v) is 17.2. The van der Waals surface area contributed by atoms with Gasteiger partial charge in [0.2, 0.25) is 5.91 Å². The molecule has 0 bridgehead atoms. The summed E-state index contributed by atoms with van der Waals surface area (Å²) in [4.78, 5) is 16.8. The monoisotopic (exact) mass is 396 g/mol. The Morgan fingerprint density at radius 2 is 1.85 bits per heavy atom. The molecule has 27 heavy (non-hydrogen) atoms. The number of hydrogen-bond donors (Lipinski definition) is 1. The molecule has 152 valence electrons. The third kappa shape index (κ3) is 4.90. The lowest BCUT2D eigenvalue weighted by atomic mass is 9.97. The minimum Gasteiger partial charge on any atom is -0.353 e. The molecule has 2 heterocycles. The fraction of sp³-hybridized carbons (Fsp3) is 0.789. The molecule has 0 unspecified atom stereocenters. The number of carbonyl (C=O) groups excluding carboxylic acids is 1. The van der Waals surface area contributed by atoms with Crippen LogP contribution in [-0.4, -0.2) is 47.3 Å². The average Bonchev–Trinajstić information content (AvgIpc) is 3.03. The molecular weight excluding hydrogens is 364 g/mol. The molecule has 7 nitrogen and oxygen atoms in total. The lowest BCUT2D eigenvalue weighted by molar-refractivity contribution is -0.126. The van der Waals surface area contributed by atoms with E-state index in [2.05, 4.69) is 10.3 Å². The largest absolute Gasteiger partial charge is 0.353 e. The Morgan fingerprint density at radius 3 is 2.48 bits per heavy atom.